The lowest BCUT2D eigenvalue weighted by atomic mass is 10.2. The summed E-state index contributed by atoms with van der Waals surface area (Å²) in [6.45, 7) is 3.10. The topological polar surface area (TPSA) is 99.2 Å². The van der Waals surface area contributed by atoms with Crippen LogP contribution in [0.4, 0.5) is 5.82 Å². The molecule has 0 saturated carbocycles. The van der Waals surface area contributed by atoms with Gasteiger partial charge >= 0.3 is 5.69 Å². The van der Waals surface area contributed by atoms with E-state index in [9.17, 15) is 9.59 Å². The number of carbonyl (C=O) groups is 1. The fraction of sp³-hybridized carbons (Fsp3) is 0.556. The van der Waals surface area contributed by atoms with Crippen LogP contribution in [-0.4, -0.2) is 39.1 Å². The largest absolute Gasteiger partial charge is 0.376 e. The van der Waals surface area contributed by atoms with Crippen LogP contribution in [0.1, 0.15) is 36.3 Å². The zero-order valence-electron chi connectivity index (χ0n) is 15.2. The van der Waals surface area contributed by atoms with E-state index in [0.29, 0.717) is 23.1 Å². The lowest BCUT2D eigenvalue weighted by molar-refractivity contribution is -0.113. The Morgan fingerprint density at radius 2 is 2.30 bits per heavy atom. The highest BCUT2D eigenvalue weighted by Gasteiger charge is 2.25. The van der Waals surface area contributed by atoms with Gasteiger partial charge in [-0.05, 0) is 39.0 Å². The molecule has 1 fully saturated rings. The molecule has 1 aliphatic heterocycles. The second-order valence-electron chi connectivity index (χ2n) is 6.88. The first-order valence-electron chi connectivity index (χ1n) is 9.20. The van der Waals surface area contributed by atoms with Crippen molar-refractivity contribution in [2.45, 2.75) is 56.7 Å². The molecule has 1 amide bonds. The van der Waals surface area contributed by atoms with Gasteiger partial charge in [0, 0.05) is 23.9 Å². The highest BCUT2D eigenvalue weighted by molar-refractivity contribution is 8.00. The van der Waals surface area contributed by atoms with Crippen LogP contribution in [0.3, 0.4) is 0 Å². The summed E-state index contributed by atoms with van der Waals surface area (Å²) in [4.78, 5) is 29.0. The van der Waals surface area contributed by atoms with Gasteiger partial charge in [0.05, 0.1) is 18.4 Å². The molecule has 9 heteroatoms. The molecule has 0 radical (unpaired) electrons. The summed E-state index contributed by atoms with van der Waals surface area (Å²) in [6, 6.07) is 1.66. The summed E-state index contributed by atoms with van der Waals surface area (Å²) in [5.74, 6) is 0.988. The zero-order valence-corrected chi connectivity index (χ0v) is 16.0. The van der Waals surface area contributed by atoms with Crippen LogP contribution in [0.25, 0.3) is 0 Å². The zero-order chi connectivity index (χ0) is 18.8. The van der Waals surface area contributed by atoms with E-state index in [4.69, 9.17) is 9.26 Å². The first-order chi connectivity index (χ1) is 13.1. The van der Waals surface area contributed by atoms with Crippen LogP contribution in [0.15, 0.2) is 20.4 Å². The Morgan fingerprint density at radius 3 is 3.04 bits per heavy atom. The molecule has 1 N–H and O–H groups in total. The number of hydrogen-bond acceptors (Lipinski definition) is 7. The SMILES string of the molecule is Cc1cc(NC(=O)CSc2nc(=O)n(CC3CCCO3)c3c2CCC3)no1. The Hall–Kier alpha value is -2.13. The minimum absolute atomic E-state index is 0.101. The fourth-order valence-corrected chi connectivity index (χ4v) is 4.50. The first-order valence-corrected chi connectivity index (χ1v) is 10.2. The number of ether oxygens (including phenoxy) is 1. The number of rotatable bonds is 6. The Kier molecular flexibility index (Phi) is 5.31. The third-order valence-corrected chi connectivity index (χ3v) is 5.86. The molecule has 8 nitrogen and oxygen atoms in total. The molecule has 2 aliphatic rings. The van der Waals surface area contributed by atoms with Gasteiger partial charge in [-0.15, -0.1) is 0 Å². The lowest BCUT2D eigenvalue weighted by Crippen LogP contribution is -2.31. The van der Waals surface area contributed by atoms with Crippen molar-refractivity contribution >= 4 is 23.5 Å². The van der Waals surface area contributed by atoms with Crippen molar-refractivity contribution < 1.29 is 14.1 Å². The van der Waals surface area contributed by atoms with Gasteiger partial charge in [-0.3, -0.25) is 9.36 Å². The van der Waals surface area contributed by atoms with Crippen LogP contribution >= 0.6 is 11.8 Å². The molecule has 144 valence electrons. The standard InChI is InChI=1S/C18H22N4O4S/c1-11-8-15(21-26-11)19-16(23)10-27-17-13-5-2-6-14(13)22(18(24)20-17)9-12-4-3-7-25-12/h8,12H,2-7,9-10H2,1H3,(H,19,21,23). The Morgan fingerprint density at radius 1 is 1.41 bits per heavy atom. The number of fused-ring (bicyclic) bond motifs is 1. The van der Waals surface area contributed by atoms with E-state index < -0.39 is 0 Å². The van der Waals surface area contributed by atoms with Gasteiger partial charge in [0.15, 0.2) is 5.82 Å². The minimum atomic E-state index is -0.249. The highest BCUT2D eigenvalue weighted by atomic mass is 32.2. The average molecular weight is 390 g/mol. The molecule has 0 aromatic carbocycles. The molecule has 3 heterocycles. The van der Waals surface area contributed by atoms with Crippen LogP contribution in [0.2, 0.25) is 0 Å². The van der Waals surface area contributed by atoms with E-state index in [1.165, 1.54) is 11.8 Å². The maximum atomic E-state index is 12.6. The maximum Gasteiger partial charge on any atom is 0.348 e. The summed E-state index contributed by atoms with van der Waals surface area (Å²) in [5, 5.41) is 7.10. The van der Waals surface area contributed by atoms with Crippen molar-refractivity contribution in [3.05, 3.63) is 33.6 Å². The molecule has 2 aromatic heterocycles. The quantitative estimate of drug-likeness (QED) is 0.594. The van der Waals surface area contributed by atoms with Gasteiger partial charge in [-0.25, -0.2) is 4.79 Å². The number of aromatic nitrogens is 3. The van der Waals surface area contributed by atoms with Crippen LogP contribution < -0.4 is 11.0 Å². The van der Waals surface area contributed by atoms with Gasteiger partial charge in [0.25, 0.3) is 0 Å². The van der Waals surface area contributed by atoms with E-state index in [1.54, 1.807) is 17.6 Å². The molecule has 1 aliphatic carbocycles. The van der Waals surface area contributed by atoms with Gasteiger partial charge in [-0.2, -0.15) is 4.98 Å². The molecule has 27 heavy (non-hydrogen) atoms. The van der Waals surface area contributed by atoms with Crippen molar-refractivity contribution in [1.82, 2.24) is 14.7 Å². The van der Waals surface area contributed by atoms with Gasteiger partial charge in [-0.1, -0.05) is 16.9 Å². The van der Waals surface area contributed by atoms with E-state index >= 15 is 0 Å². The van der Waals surface area contributed by atoms with Crippen molar-refractivity contribution in [3.63, 3.8) is 0 Å². The van der Waals surface area contributed by atoms with E-state index in [1.807, 2.05) is 0 Å². The molecule has 0 spiro atoms. The number of nitrogens with one attached hydrogen (secondary N) is 1. The lowest BCUT2D eigenvalue weighted by Gasteiger charge is -2.17. The Balaban J connectivity index is 1.46. The second-order valence-corrected chi connectivity index (χ2v) is 7.85. The van der Waals surface area contributed by atoms with E-state index in [0.717, 1.165) is 50.0 Å². The van der Waals surface area contributed by atoms with Crippen molar-refractivity contribution in [3.8, 4) is 0 Å². The normalized spacial score (nSPS) is 18.6. The predicted molar refractivity (Wildman–Crippen MR) is 100 cm³/mol. The molecular weight excluding hydrogens is 368 g/mol. The minimum Gasteiger partial charge on any atom is -0.376 e. The summed E-state index contributed by atoms with van der Waals surface area (Å²) in [5.41, 5.74) is 1.91. The molecule has 1 saturated heterocycles. The smallest absolute Gasteiger partial charge is 0.348 e. The fourth-order valence-electron chi connectivity index (χ4n) is 3.62. The van der Waals surface area contributed by atoms with Crippen molar-refractivity contribution in [2.75, 3.05) is 17.7 Å². The van der Waals surface area contributed by atoms with Crippen molar-refractivity contribution in [1.29, 1.82) is 0 Å². The second kappa shape index (κ2) is 7.85. The summed E-state index contributed by atoms with van der Waals surface area (Å²) >= 11 is 1.30. The van der Waals surface area contributed by atoms with Crippen LogP contribution in [-0.2, 0) is 28.9 Å². The highest BCUT2D eigenvalue weighted by Crippen LogP contribution is 2.30. The monoisotopic (exact) mass is 390 g/mol. The molecule has 0 bridgehead atoms. The Labute approximate surface area is 160 Å². The summed E-state index contributed by atoms with van der Waals surface area (Å²) in [7, 11) is 0. The summed E-state index contributed by atoms with van der Waals surface area (Å²) in [6.07, 6.45) is 4.90. The number of aryl methyl sites for hydroxylation is 1. The van der Waals surface area contributed by atoms with E-state index in [-0.39, 0.29) is 23.5 Å². The van der Waals surface area contributed by atoms with E-state index in [2.05, 4.69) is 15.5 Å². The number of thioether (sulfide) groups is 1. The van der Waals surface area contributed by atoms with Gasteiger partial charge in [0.1, 0.15) is 10.8 Å². The van der Waals surface area contributed by atoms with Crippen molar-refractivity contribution in [2.24, 2.45) is 0 Å². The average Bonchev–Trinajstić information content (AvgIpc) is 3.38. The van der Waals surface area contributed by atoms with Crippen LogP contribution in [0, 0.1) is 6.92 Å². The third-order valence-electron chi connectivity index (χ3n) is 4.85. The number of anilines is 1. The predicted octanol–water partition coefficient (Wildman–Crippen LogP) is 1.94. The number of carbonyl (C=O) groups excluding carboxylic acids is 1. The van der Waals surface area contributed by atoms with Gasteiger partial charge in [0.2, 0.25) is 5.91 Å². The summed E-state index contributed by atoms with van der Waals surface area (Å²) < 4.78 is 12.4. The Bertz CT molecular complexity index is 901. The van der Waals surface area contributed by atoms with Crippen LogP contribution in [0.5, 0.6) is 0 Å². The molecule has 1 unspecified atom stereocenters. The molecule has 2 aromatic rings. The number of nitrogens with zero attached hydrogens (tertiary/aromatic N) is 3. The van der Waals surface area contributed by atoms with Gasteiger partial charge < -0.3 is 14.6 Å². The molecular formula is C18H22N4O4S. The maximum absolute atomic E-state index is 12.6. The number of amides is 1. The first kappa shape index (κ1) is 18.2. The molecule has 1 atom stereocenters. The third kappa shape index (κ3) is 4.08. The number of hydrogen-bond donors (Lipinski definition) is 1. The molecule has 4 rings (SSSR count).